The van der Waals surface area contributed by atoms with Gasteiger partial charge in [-0.3, -0.25) is 9.59 Å². The fraction of sp³-hybridized carbons (Fsp3) is 0.476. The molecule has 0 bridgehead atoms. The van der Waals surface area contributed by atoms with Crippen LogP contribution in [-0.2, 0) is 23.9 Å². The maximum absolute atomic E-state index is 14.4. The van der Waals surface area contributed by atoms with Crippen LogP contribution in [0.25, 0.3) is 0 Å². The number of hydrogen-bond acceptors (Lipinski definition) is 5. The predicted octanol–water partition coefficient (Wildman–Crippen LogP) is 3.32. The molecule has 1 atom stereocenters. The zero-order valence-corrected chi connectivity index (χ0v) is 16.9. The third-order valence-electron chi connectivity index (χ3n) is 4.31. The smallest absolute Gasteiger partial charge is 0.336 e. The van der Waals surface area contributed by atoms with E-state index in [0.29, 0.717) is 0 Å². The van der Waals surface area contributed by atoms with Crippen molar-refractivity contribution in [3.8, 4) is 0 Å². The van der Waals surface area contributed by atoms with E-state index in [1.165, 1.54) is 11.0 Å². The van der Waals surface area contributed by atoms with Gasteiger partial charge in [-0.25, -0.2) is 9.18 Å². The Kier molecular flexibility index (Phi) is 6.59. The standard InChI is InChI=1S/C21H26FNO5/c1-6-27-18(25)12-23-13(2)19(20(26)28-21(3,4)5)15(11-17(23)24)14-9-7-8-10-16(14)22/h7-10,15H,6,11-12H2,1-5H3/t15-/m0/s1. The summed E-state index contributed by atoms with van der Waals surface area (Å²) in [5.41, 5.74) is -0.0834. The molecule has 7 heteroatoms. The minimum Gasteiger partial charge on any atom is -0.465 e. The van der Waals surface area contributed by atoms with Gasteiger partial charge in [0, 0.05) is 18.0 Å². The van der Waals surface area contributed by atoms with Crippen molar-refractivity contribution in [2.45, 2.75) is 52.6 Å². The molecule has 0 N–H and O–H groups in total. The van der Waals surface area contributed by atoms with E-state index in [4.69, 9.17) is 9.47 Å². The second-order valence-electron chi connectivity index (χ2n) is 7.56. The molecule has 1 aromatic carbocycles. The molecule has 2 rings (SSSR count). The summed E-state index contributed by atoms with van der Waals surface area (Å²) < 4.78 is 24.9. The van der Waals surface area contributed by atoms with E-state index in [-0.39, 0.29) is 42.3 Å². The Morgan fingerprint density at radius 1 is 1.25 bits per heavy atom. The van der Waals surface area contributed by atoms with Gasteiger partial charge in [0.25, 0.3) is 0 Å². The van der Waals surface area contributed by atoms with Crippen LogP contribution in [-0.4, -0.2) is 41.5 Å². The molecule has 0 saturated heterocycles. The Balaban J connectivity index is 2.53. The molecule has 0 fully saturated rings. The minimum atomic E-state index is -0.790. The molecular formula is C21H26FNO5. The van der Waals surface area contributed by atoms with Crippen molar-refractivity contribution < 1.29 is 28.2 Å². The second-order valence-corrected chi connectivity index (χ2v) is 7.56. The lowest BCUT2D eigenvalue weighted by Crippen LogP contribution is -2.42. The molecule has 28 heavy (non-hydrogen) atoms. The highest BCUT2D eigenvalue weighted by molar-refractivity contribution is 5.97. The number of halogens is 1. The van der Waals surface area contributed by atoms with Crippen LogP contribution in [0.1, 0.15) is 52.5 Å². The number of esters is 2. The number of allylic oxidation sites excluding steroid dienone is 1. The number of nitrogens with zero attached hydrogens (tertiary/aromatic N) is 1. The Labute approximate surface area is 164 Å². The molecule has 1 aromatic rings. The highest BCUT2D eigenvalue weighted by atomic mass is 19.1. The number of carbonyl (C=O) groups excluding carboxylic acids is 3. The molecule has 1 aliphatic rings. The Morgan fingerprint density at radius 2 is 1.89 bits per heavy atom. The molecule has 6 nitrogen and oxygen atoms in total. The molecule has 0 radical (unpaired) electrons. The van der Waals surface area contributed by atoms with Crippen LogP contribution in [0.3, 0.4) is 0 Å². The molecule has 152 valence electrons. The number of rotatable bonds is 5. The monoisotopic (exact) mass is 391 g/mol. The Hall–Kier alpha value is -2.70. The van der Waals surface area contributed by atoms with Gasteiger partial charge in [-0.15, -0.1) is 0 Å². The van der Waals surface area contributed by atoms with E-state index >= 15 is 0 Å². The van der Waals surface area contributed by atoms with Crippen molar-refractivity contribution in [1.82, 2.24) is 4.90 Å². The molecule has 0 spiro atoms. The van der Waals surface area contributed by atoms with Crippen LogP contribution in [0.5, 0.6) is 0 Å². The van der Waals surface area contributed by atoms with Crippen LogP contribution in [0.2, 0.25) is 0 Å². The Bertz CT molecular complexity index is 809. The molecule has 0 aliphatic carbocycles. The number of amides is 1. The third-order valence-corrected chi connectivity index (χ3v) is 4.31. The van der Waals surface area contributed by atoms with Gasteiger partial charge in [-0.2, -0.15) is 0 Å². The van der Waals surface area contributed by atoms with Crippen LogP contribution >= 0.6 is 0 Å². The van der Waals surface area contributed by atoms with Gasteiger partial charge in [0.2, 0.25) is 5.91 Å². The SMILES string of the molecule is CCOC(=O)CN1C(=O)C[C@@H](c2ccccc2F)C(C(=O)OC(C)(C)C)=C1C. The van der Waals surface area contributed by atoms with Crippen LogP contribution < -0.4 is 0 Å². The first-order valence-corrected chi connectivity index (χ1v) is 9.19. The molecule has 0 saturated carbocycles. The van der Waals surface area contributed by atoms with Gasteiger partial charge in [-0.1, -0.05) is 18.2 Å². The summed E-state index contributed by atoms with van der Waals surface area (Å²) in [7, 11) is 0. The maximum Gasteiger partial charge on any atom is 0.336 e. The van der Waals surface area contributed by atoms with Gasteiger partial charge in [0.05, 0.1) is 12.2 Å². The molecule has 0 unspecified atom stereocenters. The molecule has 0 aromatic heterocycles. The van der Waals surface area contributed by atoms with Gasteiger partial charge in [0.15, 0.2) is 0 Å². The van der Waals surface area contributed by atoms with Crippen molar-refractivity contribution in [1.29, 1.82) is 0 Å². The van der Waals surface area contributed by atoms with Crippen molar-refractivity contribution >= 4 is 17.8 Å². The van der Waals surface area contributed by atoms with E-state index in [2.05, 4.69) is 0 Å². The normalized spacial score (nSPS) is 17.6. The van der Waals surface area contributed by atoms with Crippen molar-refractivity contribution in [3.05, 3.63) is 46.9 Å². The highest BCUT2D eigenvalue weighted by Gasteiger charge is 2.39. The van der Waals surface area contributed by atoms with Gasteiger partial charge in [0.1, 0.15) is 18.0 Å². The third kappa shape index (κ3) is 4.97. The fourth-order valence-corrected chi connectivity index (χ4v) is 3.16. The summed E-state index contributed by atoms with van der Waals surface area (Å²) >= 11 is 0. The zero-order valence-electron chi connectivity index (χ0n) is 16.9. The average Bonchev–Trinajstić information content (AvgIpc) is 2.57. The number of ether oxygens (including phenoxy) is 2. The molecule has 1 aliphatic heterocycles. The van der Waals surface area contributed by atoms with E-state index in [1.54, 1.807) is 52.8 Å². The van der Waals surface area contributed by atoms with Crippen LogP contribution in [0.4, 0.5) is 4.39 Å². The number of benzene rings is 1. The summed E-state index contributed by atoms with van der Waals surface area (Å²) in [5.74, 6) is -2.90. The molecule has 1 heterocycles. The Morgan fingerprint density at radius 3 is 2.46 bits per heavy atom. The van der Waals surface area contributed by atoms with E-state index in [0.717, 1.165) is 0 Å². The van der Waals surface area contributed by atoms with Gasteiger partial charge in [-0.05, 0) is 46.2 Å². The first-order valence-electron chi connectivity index (χ1n) is 9.19. The van der Waals surface area contributed by atoms with Crippen molar-refractivity contribution in [2.24, 2.45) is 0 Å². The summed E-state index contributed by atoms with van der Waals surface area (Å²) in [6, 6.07) is 6.02. The summed E-state index contributed by atoms with van der Waals surface area (Å²) in [4.78, 5) is 38.7. The van der Waals surface area contributed by atoms with Crippen molar-refractivity contribution in [3.63, 3.8) is 0 Å². The summed E-state index contributed by atoms with van der Waals surface area (Å²) in [6.45, 7) is 8.27. The summed E-state index contributed by atoms with van der Waals surface area (Å²) in [6.07, 6.45) is -0.147. The lowest BCUT2D eigenvalue weighted by molar-refractivity contribution is -0.152. The second kappa shape index (κ2) is 8.54. The van der Waals surface area contributed by atoms with Crippen LogP contribution in [0, 0.1) is 5.82 Å². The van der Waals surface area contributed by atoms with Crippen LogP contribution in [0.15, 0.2) is 35.5 Å². The number of carbonyl (C=O) groups is 3. The molecule has 1 amide bonds. The minimum absolute atomic E-state index is 0.147. The first kappa shape index (κ1) is 21.6. The topological polar surface area (TPSA) is 72.9 Å². The van der Waals surface area contributed by atoms with E-state index < -0.39 is 29.3 Å². The largest absolute Gasteiger partial charge is 0.465 e. The van der Waals surface area contributed by atoms with Gasteiger partial charge >= 0.3 is 11.9 Å². The predicted molar refractivity (Wildman–Crippen MR) is 101 cm³/mol. The fourth-order valence-electron chi connectivity index (χ4n) is 3.16. The quantitative estimate of drug-likeness (QED) is 0.720. The van der Waals surface area contributed by atoms with Gasteiger partial charge < -0.3 is 14.4 Å². The van der Waals surface area contributed by atoms with E-state index in [9.17, 15) is 18.8 Å². The average molecular weight is 391 g/mol. The lowest BCUT2D eigenvalue weighted by Gasteiger charge is -2.35. The maximum atomic E-state index is 14.4. The van der Waals surface area contributed by atoms with E-state index in [1.807, 2.05) is 0 Å². The van der Waals surface area contributed by atoms with Crippen molar-refractivity contribution in [2.75, 3.05) is 13.2 Å². The number of hydrogen-bond donors (Lipinski definition) is 0. The highest BCUT2D eigenvalue weighted by Crippen LogP contribution is 2.38. The zero-order chi connectivity index (χ0) is 21.1. The lowest BCUT2D eigenvalue weighted by atomic mass is 9.83. The first-order chi connectivity index (χ1) is 13.0. The summed E-state index contributed by atoms with van der Waals surface area (Å²) in [5, 5.41) is 0. The molecular weight excluding hydrogens is 365 g/mol.